The average molecular weight is 433 g/mol. The second-order valence-corrected chi connectivity index (χ2v) is 9.27. The van der Waals surface area contributed by atoms with E-state index < -0.39 is 0 Å². The molecule has 5 aromatic carbocycles. The Bertz CT molecular complexity index is 2010. The number of ether oxygens (including phenoxy) is 1. The molecule has 156 valence electrons. The van der Waals surface area contributed by atoms with E-state index in [2.05, 4.69) is 95.6 Å². The van der Waals surface area contributed by atoms with Gasteiger partial charge in [0, 0.05) is 21.8 Å². The molecule has 0 unspecified atom stereocenters. The number of rotatable bonds is 0. The molecule has 34 heavy (non-hydrogen) atoms. The van der Waals surface area contributed by atoms with E-state index in [4.69, 9.17) is 9.15 Å². The summed E-state index contributed by atoms with van der Waals surface area (Å²) < 4.78 is 15.2. The minimum atomic E-state index is 0.147. The van der Waals surface area contributed by atoms with Gasteiger partial charge in [-0.1, -0.05) is 54.6 Å². The standard InChI is InChI=1S/C30H16BNO2/c1-5-11-23-19(7-1)27-25(33-23)15-13-17-18-14-16-26-28-30(18)32(29(17)27)22-10-4-2-8-20(22)31(28)21-9-3-6-12-24(21)34-26/h1-16H. The Morgan fingerprint density at radius 1 is 0.559 bits per heavy atom. The van der Waals surface area contributed by atoms with Gasteiger partial charge in [0.15, 0.2) is 0 Å². The van der Waals surface area contributed by atoms with Gasteiger partial charge in [-0.2, -0.15) is 0 Å². The summed E-state index contributed by atoms with van der Waals surface area (Å²) in [6.07, 6.45) is 0. The van der Waals surface area contributed by atoms with Crippen molar-refractivity contribution in [2.75, 3.05) is 0 Å². The normalized spacial score (nSPS) is 13.5. The summed E-state index contributed by atoms with van der Waals surface area (Å²) in [5, 5.41) is 4.82. The molecular formula is C30H16BNO2. The number of furan rings is 1. The fourth-order valence-electron chi connectivity index (χ4n) is 6.36. The van der Waals surface area contributed by atoms with Crippen LogP contribution in [0.2, 0.25) is 0 Å². The van der Waals surface area contributed by atoms with Crippen molar-refractivity contribution in [3.63, 3.8) is 0 Å². The molecule has 9 rings (SSSR count). The van der Waals surface area contributed by atoms with Crippen LogP contribution in [-0.4, -0.2) is 11.3 Å². The summed E-state index contributed by atoms with van der Waals surface area (Å²) in [5.74, 6) is 1.89. The lowest BCUT2D eigenvalue weighted by Gasteiger charge is -2.32. The Hall–Kier alpha value is -4.44. The number of benzene rings is 5. The Kier molecular flexibility index (Phi) is 2.88. The third-order valence-electron chi connectivity index (χ3n) is 7.66. The lowest BCUT2D eigenvalue weighted by Crippen LogP contribution is -2.58. The van der Waals surface area contributed by atoms with Crippen LogP contribution >= 0.6 is 0 Å². The van der Waals surface area contributed by atoms with Crippen LogP contribution in [0, 0.1) is 0 Å². The maximum Gasteiger partial charge on any atom is 0.256 e. The van der Waals surface area contributed by atoms with Crippen molar-refractivity contribution in [3.05, 3.63) is 97.1 Å². The molecule has 2 aliphatic heterocycles. The highest BCUT2D eigenvalue weighted by molar-refractivity contribution is 6.99. The molecule has 2 aromatic heterocycles. The zero-order valence-corrected chi connectivity index (χ0v) is 18.1. The largest absolute Gasteiger partial charge is 0.458 e. The Morgan fingerprint density at radius 3 is 2.29 bits per heavy atom. The molecule has 0 radical (unpaired) electrons. The molecular weight excluding hydrogens is 417 g/mol. The fourth-order valence-corrected chi connectivity index (χ4v) is 6.36. The second kappa shape index (κ2) is 5.73. The van der Waals surface area contributed by atoms with Gasteiger partial charge in [0.2, 0.25) is 0 Å². The second-order valence-electron chi connectivity index (χ2n) is 9.27. The maximum absolute atomic E-state index is 6.47. The van der Waals surface area contributed by atoms with Gasteiger partial charge in [-0.25, -0.2) is 0 Å². The van der Waals surface area contributed by atoms with Gasteiger partial charge in [0.05, 0.1) is 16.4 Å². The summed E-state index contributed by atoms with van der Waals surface area (Å²) in [6.45, 7) is 0.147. The number of para-hydroxylation sites is 3. The average Bonchev–Trinajstić information content (AvgIpc) is 3.43. The van der Waals surface area contributed by atoms with Gasteiger partial charge >= 0.3 is 0 Å². The van der Waals surface area contributed by atoms with Crippen molar-refractivity contribution in [1.82, 2.24) is 4.57 Å². The summed E-state index contributed by atoms with van der Waals surface area (Å²) in [6, 6.07) is 34.3. The number of hydrogen-bond donors (Lipinski definition) is 0. The number of fused-ring (bicyclic) bond motifs is 12. The van der Waals surface area contributed by atoms with E-state index in [9.17, 15) is 0 Å². The van der Waals surface area contributed by atoms with E-state index >= 15 is 0 Å². The zero-order valence-electron chi connectivity index (χ0n) is 18.1. The Balaban J connectivity index is 1.58. The predicted molar refractivity (Wildman–Crippen MR) is 139 cm³/mol. The Morgan fingerprint density at radius 2 is 1.32 bits per heavy atom. The quantitative estimate of drug-likeness (QED) is 0.291. The van der Waals surface area contributed by atoms with Gasteiger partial charge in [0.1, 0.15) is 22.7 Å². The monoisotopic (exact) mass is 433 g/mol. The molecule has 4 heteroatoms. The highest BCUT2D eigenvalue weighted by atomic mass is 16.5. The van der Waals surface area contributed by atoms with Gasteiger partial charge in [-0.05, 0) is 58.9 Å². The molecule has 0 atom stereocenters. The molecule has 0 fully saturated rings. The van der Waals surface area contributed by atoms with Gasteiger partial charge in [-0.3, -0.25) is 0 Å². The summed E-state index contributed by atoms with van der Waals surface area (Å²) in [5.41, 5.74) is 9.30. The molecule has 0 saturated carbocycles. The van der Waals surface area contributed by atoms with Crippen molar-refractivity contribution in [3.8, 4) is 17.2 Å². The third kappa shape index (κ3) is 1.85. The van der Waals surface area contributed by atoms with Gasteiger partial charge < -0.3 is 13.7 Å². The van der Waals surface area contributed by atoms with Crippen LogP contribution in [0.25, 0.3) is 49.4 Å². The minimum Gasteiger partial charge on any atom is -0.458 e. The SMILES string of the molecule is c1ccc2c(c1)Oc1ccc3c4ccc5oc6ccccc6c5c4n4c3c1B2c1ccccc1-4. The molecule has 0 N–H and O–H groups in total. The molecule has 4 heterocycles. The van der Waals surface area contributed by atoms with E-state index in [0.29, 0.717) is 0 Å². The van der Waals surface area contributed by atoms with Crippen LogP contribution in [0.5, 0.6) is 11.5 Å². The third-order valence-corrected chi connectivity index (χ3v) is 7.66. The highest BCUT2D eigenvalue weighted by Crippen LogP contribution is 2.43. The molecule has 7 aromatic rings. The predicted octanol–water partition coefficient (Wildman–Crippen LogP) is 5.62. The fraction of sp³-hybridized carbons (Fsp3) is 0. The molecule has 0 aliphatic carbocycles. The van der Waals surface area contributed by atoms with Gasteiger partial charge in [0.25, 0.3) is 6.71 Å². The van der Waals surface area contributed by atoms with Gasteiger partial charge in [-0.15, -0.1) is 0 Å². The smallest absolute Gasteiger partial charge is 0.256 e. The molecule has 0 spiro atoms. The molecule has 0 amide bonds. The van der Waals surface area contributed by atoms with E-state index in [1.165, 1.54) is 49.3 Å². The van der Waals surface area contributed by atoms with Crippen LogP contribution in [0.15, 0.2) is 101 Å². The number of nitrogens with zero attached hydrogens (tertiary/aromatic N) is 1. The molecule has 0 saturated heterocycles. The van der Waals surface area contributed by atoms with Crippen molar-refractivity contribution >= 4 is 66.8 Å². The van der Waals surface area contributed by atoms with Crippen molar-refractivity contribution in [1.29, 1.82) is 0 Å². The van der Waals surface area contributed by atoms with Crippen LogP contribution in [0.3, 0.4) is 0 Å². The maximum atomic E-state index is 6.47. The van der Waals surface area contributed by atoms with E-state index in [0.717, 1.165) is 28.1 Å². The first-order valence-corrected chi connectivity index (χ1v) is 11.7. The van der Waals surface area contributed by atoms with Crippen LogP contribution < -0.4 is 21.1 Å². The van der Waals surface area contributed by atoms with E-state index in [1.807, 2.05) is 6.07 Å². The van der Waals surface area contributed by atoms with Crippen LogP contribution in [0.1, 0.15) is 0 Å². The lowest BCUT2D eigenvalue weighted by atomic mass is 9.34. The number of aromatic nitrogens is 1. The molecule has 0 bridgehead atoms. The van der Waals surface area contributed by atoms with E-state index in [1.54, 1.807) is 0 Å². The lowest BCUT2D eigenvalue weighted by molar-refractivity contribution is 0.488. The summed E-state index contributed by atoms with van der Waals surface area (Å²) >= 11 is 0. The summed E-state index contributed by atoms with van der Waals surface area (Å²) in [4.78, 5) is 0. The molecule has 3 nitrogen and oxygen atoms in total. The van der Waals surface area contributed by atoms with Crippen molar-refractivity contribution < 1.29 is 9.15 Å². The van der Waals surface area contributed by atoms with Crippen molar-refractivity contribution in [2.24, 2.45) is 0 Å². The first-order chi connectivity index (χ1) is 16.9. The summed E-state index contributed by atoms with van der Waals surface area (Å²) in [7, 11) is 0. The number of hydrogen-bond acceptors (Lipinski definition) is 2. The van der Waals surface area contributed by atoms with Crippen LogP contribution in [0.4, 0.5) is 0 Å². The van der Waals surface area contributed by atoms with Crippen LogP contribution in [-0.2, 0) is 0 Å². The topological polar surface area (TPSA) is 27.3 Å². The highest BCUT2D eigenvalue weighted by Gasteiger charge is 2.40. The zero-order chi connectivity index (χ0) is 22.0. The minimum absolute atomic E-state index is 0.147. The van der Waals surface area contributed by atoms with Crippen molar-refractivity contribution in [2.45, 2.75) is 0 Å². The first kappa shape index (κ1) is 17.1. The molecule has 2 aliphatic rings. The first-order valence-electron chi connectivity index (χ1n) is 11.7. The Labute approximate surface area is 194 Å². The van der Waals surface area contributed by atoms with E-state index in [-0.39, 0.29) is 6.71 Å².